The Bertz CT molecular complexity index is 1470. The molecule has 3 aliphatic heterocycles. The van der Waals surface area contributed by atoms with Gasteiger partial charge in [-0.15, -0.1) is 11.8 Å². The van der Waals surface area contributed by atoms with Gasteiger partial charge in [0.25, 0.3) is 0 Å². The Morgan fingerprint density at radius 2 is 1.72 bits per heavy atom. The number of benzene rings is 3. The highest BCUT2D eigenvalue weighted by molar-refractivity contribution is 7.99. The predicted molar refractivity (Wildman–Crippen MR) is 141 cm³/mol. The molecule has 0 spiro atoms. The number of rotatable bonds is 5. The number of anilines is 1. The van der Waals surface area contributed by atoms with Gasteiger partial charge >= 0.3 is 0 Å². The van der Waals surface area contributed by atoms with Gasteiger partial charge in [-0.05, 0) is 56.5 Å². The van der Waals surface area contributed by atoms with E-state index in [1.54, 1.807) is 30.0 Å². The fraction of sp³-hybridized carbons (Fsp3) is 0.321. The summed E-state index contributed by atoms with van der Waals surface area (Å²) < 4.78 is 6.57. The van der Waals surface area contributed by atoms with E-state index in [1.165, 1.54) is 4.90 Å². The molecule has 8 heteroatoms. The van der Waals surface area contributed by atoms with Crippen LogP contribution in [0.25, 0.3) is 10.8 Å². The van der Waals surface area contributed by atoms with E-state index in [9.17, 15) is 14.9 Å². The molecule has 5 nitrogen and oxygen atoms in total. The minimum Gasteiger partial charge on any atom is -0.367 e. The molecule has 2 amide bonds. The van der Waals surface area contributed by atoms with E-state index in [0.717, 1.165) is 28.5 Å². The van der Waals surface area contributed by atoms with Crippen LogP contribution in [0.15, 0.2) is 59.5 Å². The smallest absolute Gasteiger partial charge is 0.240 e. The van der Waals surface area contributed by atoms with Gasteiger partial charge in [0.05, 0.1) is 40.4 Å². The van der Waals surface area contributed by atoms with Crippen LogP contribution in [0.5, 0.6) is 0 Å². The highest BCUT2D eigenvalue weighted by atomic mass is 35.5. The summed E-state index contributed by atoms with van der Waals surface area (Å²) in [5.74, 6) is -0.755. The average molecular weight is 537 g/mol. The van der Waals surface area contributed by atoms with Gasteiger partial charge in [0.2, 0.25) is 11.8 Å². The molecule has 0 aromatic heterocycles. The summed E-state index contributed by atoms with van der Waals surface area (Å²) >= 11 is 13.9. The Morgan fingerprint density at radius 1 is 1.03 bits per heavy atom. The lowest BCUT2D eigenvalue weighted by Gasteiger charge is -2.31. The number of carbonyl (C=O) groups is 2. The van der Waals surface area contributed by atoms with Gasteiger partial charge in [-0.3, -0.25) is 9.59 Å². The van der Waals surface area contributed by atoms with Gasteiger partial charge in [-0.25, -0.2) is 4.90 Å². The van der Waals surface area contributed by atoms with Crippen molar-refractivity contribution >= 4 is 63.2 Å². The number of halogens is 2. The van der Waals surface area contributed by atoms with Crippen molar-refractivity contribution in [2.45, 2.75) is 42.3 Å². The van der Waals surface area contributed by atoms with Gasteiger partial charge in [-0.2, -0.15) is 5.26 Å². The van der Waals surface area contributed by atoms with E-state index >= 15 is 0 Å². The third-order valence-corrected chi connectivity index (χ3v) is 9.32. The molecular weight excluding hydrogens is 515 g/mol. The molecule has 3 aromatic carbocycles. The van der Waals surface area contributed by atoms with E-state index in [-0.39, 0.29) is 11.8 Å². The van der Waals surface area contributed by atoms with Crippen molar-refractivity contribution in [1.82, 2.24) is 0 Å². The zero-order valence-corrected chi connectivity index (χ0v) is 21.8. The van der Waals surface area contributed by atoms with Crippen LogP contribution in [0.1, 0.15) is 31.7 Å². The molecule has 3 saturated heterocycles. The molecule has 182 valence electrons. The summed E-state index contributed by atoms with van der Waals surface area (Å²) in [6.45, 7) is 1.97. The summed E-state index contributed by atoms with van der Waals surface area (Å²) in [4.78, 5) is 30.1. The molecule has 0 aliphatic carbocycles. The number of nitriles is 1. The molecule has 0 saturated carbocycles. The van der Waals surface area contributed by atoms with E-state index in [0.29, 0.717) is 33.5 Å². The van der Waals surface area contributed by atoms with Crippen LogP contribution < -0.4 is 4.90 Å². The van der Waals surface area contributed by atoms with Crippen LogP contribution in [0.2, 0.25) is 10.0 Å². The molecule has 3 fully saturated rings. The van der Waals surface area contributed by atoms with Crippen molar-refractivity contribution < 1.29 is 14.3 Å². The van der Waals surface area contributed by atoms with Crippen molar-refractivity contribution in [2.24, 2.45) is 11.8 Å². The maximum atomic E-state index is 14.0. The van der Waals surface area contributed by atoms with E-state index in [2.05, 4.69) is 6.07 Å². The highest BCUT2D eigenvalue weighted by Crippen LogP contribution is 2.62. The highest BCUT2D eigenvalue weighted by Gasteiger charge is 2.73. The second-order valence-corrected chi connectivity index (χ2v) is 12.0. The molecule has 3 heterocycles. The quantitative estimate of drug-likeness (QED) is 0.270. The van der Waals surface area contributed by atoms with Crippen LogP contribution in [-0.2, 0) is 14.3 Å². The molecule has 0 unspecified atom stereocenters. The Morgan fingerprint density at radius 3 is 2.44 bits per heavy atom. The summed E-state index contributed by atoms with van der Waals surface area (Å²) in [7, 11) is 0. The Labute approximate surface area is 223 Å². The lowest BCUT2D eigenvalue weighted by molar-refractivity contribution is -0.130. The van der Waals surface area contributed by atoms with Crippen molar-refractivity contribution in [3.63, 3.8) is 0 Å². The Kier molecular flexibility index (Phi) is 5.62. The molecule has 3 aliphatic rings. The molecule has 4 atom stereocenters. The van der Waals surface area contributed by atoms with E-state index < -0.39 is 23.0 Å². The van der Waals surface area contributed by atoms with Crippen LogP contribution in [0.3, 0.4) is 0 Å². The van der Waals surface area contributed by atoms with Gasteiger partial charge < -0.3 is 4.74 Å². The van der Waals surface area contributed by atoms with Crippen LogP contribution in [-0.4, -0.2) is 28.8 Å². The first-order chi connectivity index (χ1) is 17.3. The van der Waals surface area contributed by atoms with Crippen molar-refractivity contribution in [3.05, 3.63) is 70.2 Å². The largest absolute Gasteiger partial charge is 0.367 e. The lowest BCUT2D eigenvalue weighted by Crippen LogP contribution is -2.42. The molecule has 3 aromatic rings. The standard InChI is InChI=1S/C28H22Cl2N2O3S/c1-27-8-9-28(35-27,10-11-36-19-13-17(29)12-18(30)14-19)24-23(27)25(33)32(26(24)34)22-7-6-16(15-31)20-4-2-3-5-21(20)22/h2-7,12-14,23-24H,8-11H2,1H3/t23-,24+,27-,28-/m0/s1. The van der Waals surface area contributed by atoms with Gasteiger partial charge in [0.15, 0.2) is 0 Å². The lowest BCUT2D eigenvalue weighted by atomic mass is 9.67. The first kappa shape index (κ1) is 23.8. The van der Waals surface area contributed by atoms with Crippen molar-refractivity contribution in [1.29, 1.82) is 5.26 Å². The fourth-order valence-corrected chi connectivity index (χ4v) is 8.14. The van der Waals surface area contributed by atoms with Crippen LogP contribution in [0, 0.1) is 23.2 Å². The third-order valence-electron chi connectivity index (χ3n) is 7.90. The number of hydrogen-bond donors (Lipinski definition) is 0. The number of nitrogens with zero attached hydrogens (tertiary/aromatic N) is 2. The SMILES string of the molecule is C[C@@]12CC[C@@](CCSc3cc(Cl)cc(Cl)c3)(O1)[C@H]1C(=O)N(c3ccc(C#N)c4ccccc34)C(=O)[C@H]12. The molecule has 2 bridgehead atoms. The van der Waals surface area contributed by atoms with Crippen LogP contribution >= 0.6 is 35.0 Å². The summed E-state index contributed by atoms with van der Waals surface area (Å²) in [5.41, 5.74) is -0.300. The maximum Gasteiger partial charge on any atom is 0.240 e. The Hall–Kier alpha value is -2.56. The summed E-state index contributed by atoms with van der Waals surface area (Å²) in [6.07, 6.45) is 2.12. The summed E-state index contributed by atoms with van der Waals surface area (Å²) in [6, 6.07) is 18.4. The molecule has 0 radical (unpaired) electrons. The minimum atomic E-state index is -0.682. The van der Waals surface area contributed by atoms with Crippen molar-refractivity contribution in [2.75, 3.05) is 10.7 Å². The topological polar surface area (TPSA) is 70.4 Å². The minimum absolute atomic E-state index is 0.209. The zero-order valence-electron chi connectivity index (χ0n) is 19.5. The predicted octanol–water partition coefficient (Wildman–Crippen LogP) is 6.63. The number of fused-ring (bicyclic) bond motifs is 6. The number of hydrogen-bond acceptors (Lipinski definition) is 5. The van der Waals surface area contributed by atoms with Gasteiger partial charge in [0.1, 0.15) is 0 Å². The summed E-state index contributed by atoms with van der Waals surface area (Å²) in [5, 5.41) is 12.1. The maximum absolute atomic E-state index is 14.0. The van der Waals surface area contributed by atoms with Crippen molar-refractivity contribution in [3.8, 4) is 6.07 Å². The first-order valence-corrected chi connectivity index (χ1v) is 13.6. The first-order valence-electron chi connectivity index (χ1n) is 11.9. The van der Waals surface area contributed by atoms with Gasteiger partial charge in [-0.1, -0.05) is 47.5 Å². The normalized spacial score (nSPS) is 28.7. The Balaban J connectivity index is 1.33. The number of thioether (sulfide) groups is 1. The molecule has 36 heavy (non-hydrogen) atoms. The van der Waals surface area contributed by atoms with Crippen LogP contribution in [0.4, 0.5) is 5.69 Å². The number of amides is 2. The van der Waals surface area contributed by atoms with E-state index in [1.807, 2.05) is 43.3 Å². The molecular formula is C28H22Cl2N2O3S. The van der Waals surface area contributed by atoms with E-state index in [4.69, 9.17) is 27.9 Å². The number of ether oxygens (including phenoxy) is 1. The number of carbonyl (C=O) groups excluding carboxylic acids is 2. The average Bonchev–Trinajstić information content (AvgIpc) is 3.42. The zero-order chi connectivity index (χ0) is 25.2. The molecule has 0 N–H and O–H groups in total. The van der Waals surface area contributed by atoms with Gasteiger partial charge in [0, 0.05) is 31.5 Å². The fourth-order valence-electron chi connectivity index (χ4n) is 6.38. The number of imide groups is 1. The second-order valence-electron chi connectivity index (χ2n) is 9.94. The monoisotopic (exact) mass is 536 g/mol. The second kappa shape index (κ2) is 8.49. The third kappa shape index (κ3) is 3.48. The molecule has 6 rings (SSSR count).